The fourth-order valence-corrected chi connectivity index (χ4v) is 2.84. The Bertz CT molecular complexity index is 395. The summed E-state index contributed by atoms with van der Waals surface area (Å²) in [6, 6.07) is -0.438. The first-order chi connectivity index (χ1) is 12.5. The molecule has 0 aromatic rings. The van der Waals surface area contributed by atoms with Crippen LogP contribution in [0.1, 0.15) is 84.0 Å². The highest BCUT2D eigenvalue weighted by Gasteiger charge is 2.18. The number of carboxylic acids is 1. The van der Waals surface area contributed by atoms with Crippen molar-refractivity contribution in [2.75, 3.05) is 20.6 Å². The lowest BCUT2D eigenvalue weighted by Crippen LogP contribution is -2.35. The van der Waals surface area contributed by atoms with Gasteiger partial charge in [-0.05, 0) is 59.0 Å². The number of carbonyl (C=O) groups excluding carboxylic acids is 1. The zero-order valence-corrected chi connectivity index (χ0v) is 17.1. The van der Waals surface area contributed by atoms with E-state index in [-0.39, 0.29) is 5.91 Å². The van der Waals surface area contributed by atoms with Crippen molar-refractivity contribution in [3.63, 3.8) is 0 Å². The number of rotatable bonds is 17. The molecule has 0 saturated carbocycles. The molecule has 0 aromatic carbocycles. The van der Waals surface area contributed by atoms with Crippen molar-refractivity contribution in [2.24, 2.45) is 0 Å². The molecule has 0 unspecified atom stereocenters. The molecule has 0 radical (unpaired) electrons. The van der Waals surface area contributed by atoms with Crippen LogP contribution in [0.2, 0.25) is 0 Å². The molecule has 0 aliphatic rings. The minimum Gasteiger partial charge on any atom is -0.480 e. The first kappa shape index (κ1) is 24.6. The summed E-state index contributed by atoms with van der Waals surface area (Å²) in [6.45, 7) is 2.85. The van der Waals surface area contributed by atoms with Crippen molar-refractivity contribution < 1.29 is 14.7 Å². The van der Waals surface area contributed by atoms with E-state index in [4.69, 9.17) is 5.11 Å². The molecule has 0 rings (SSSR count). The number of carbonyl (C=O) groups is 2. The molecule has 0 spiro atoms. The third-order valence-electron chi connectivity index (χ3n) is 4.55. The quantitative estimate of drug-likeness (QED) is 0.295. The molecular formula is C21H40N2O3. The lowest BCUT2D eigenvalue weighted by Gasteiger charge is -2.19. The van der Waals surface area contributed by atoms with Gasteiger partial charge in [0, 0.05) is 13.0 Å². The lowest BCUT2D eigenvalue weighted by atomic mass is 10.1. The molecule has 0 aromatic heterocycles. The van der Waals surface area contributed by atoms with E-state index in [9.17, 15) is 9.59 Å². The van der Waals surface area contributed by atoms with Gasteiger partial charge in [0.05, 0.1) is 0 Å². The molecule has 1 amide bonds. The van der Waals surface area contributed by atoms with Crippen LogP contribution in [0.5, 0.6) is 0 Å². The van der Waals surface area contributed by atoms with Gasteiger partial charge in [0.15, 0.2) is 0 Å². The summed E-state index contributed by atoms with van der Waals surface area (Å²) in [6.07, 6.45) is 16.8. The van der Waals surface area contributed by atoms with Crippen molar-refractivity contribution >= 4 is 11.9 Å². The minimum atomic E-state index is -0.782. The van der Waals surface area contributed by atoms with Crippen molar-refractivity contribution in [3.8, 4) is 0 Å². The Balaban J connectivity index is 3.47. The number of nitrogens with zero attached hydrogens (tertiary/aromatic N) is 1. The molecule has 0 fully saturated rings. The van der Waals surface area contributed by atoms with Crippen LogP contribution in [0.4, 0.5) is 0 Å². The molecule has 0 aliphatic heterocycles. The highest BCUT2D eigenvalue weighted by Crippen LogP contribution is 2.08. The Morgan fingerprint density at radius 3 is 2.23 bits per heavy atom. The summed E-state index contributed by atoms with van der Waals surface area (Å²) in [7, 11) is 3.56. The fraction of sp³-hybridized carbons (Fsp3) is 0.810. The molecule has 0 heterocycles. The summed E-state index contributed by atoms with van der Waals surface area (Å²) >= 11 is 0. The van der Waals surface area contributed by atoms with Gasteiger partial charge in [0.25, 0.3) is 0 Å². The Morgan fingerprint density at radius 1 is 0.962 bits per heavy atom. The van der Waals surface area contributed by atoms with Gasteiger partial charge in [0.1, 0.15) is 6.04 Å². The first-order valence-electron chi connectivity index (χ1n) is 10.3. The predicted molar refractivity (Wildman–Crippen MR) is 108 cm³/mol. The number of amides is 1. The van der Waals surface area contributed by atoms with E-state index < -0.39 is 12.0 Å². The smallest absolute Gasteiger partial charge is 0.320 e. The van der Waals surface area contributed by atoms with Crippen molar-refractivity contribution in [1.29, 1.82) is 0 Å². The van der Waals surface area contributed by atoms with E-state index in [1.54, 1.807) is 19.0 Å². The van der Waals surface area contributed by atoms with Gasteiger partial charge in [-0.25, -0.2) is 0 Å². The third kappa shape index (κ3) is 14.9. The standard InChI is InChI=1S/C21H40N2O3/c1-4-5-6-7-8-9-10-11-12-13-17-20(24)22-18-15-14-16-19(21(25)26)23(2)3/h7-8,19H,4-6,9-18H2,1-3H3,(H,22,24)(H,25,26)/b8-7+/t19-/m0/s1. The van der Waals surface area contributed by atoms with Crippen LogP contribution in [0.15, 0.2) is 12.2 Å². The van der Waals surface area contributed by atoms with Gasteiger partial charge in [-0.2, -0.15) is 0 Å². The van der Waals surface area contributed by atoms with Crippen LogP contribution in [-0.2, 0) is 9.59 Å². The maximum absolute atomic E-state index is 11.8. The molecule has 1 atom stereocenters. The maximum atomic E-state index is 11.8. The number of likely N-dealkylation sites (N-methyl/N-ethyl adjacent to an activating group) is 1. The van der Waals surface area contributed by atoms with E-state index in [2.05, 4.69) is 24.4 Å². The van der Waals surface area contributed by atoms with Crippen LogP contribution in [0.25, 0.3) is 0 Å². The molecule has 0 bridgehead atoms. The SMILES string of the molecule is CCCC/C=C/CCCCCCC(=O)NCCCC[C@@H](C(=O)O)N(C)C. The van der Waals surface area contributed by atoms with Crippen LogP contribution in [-0.4, -0.2) is 48.6 Å². The number of hydrogen-bond donors (Lipinski definition) is 2. The van der Waals surface area contributed by atoms with Gasteiger partial charge < -0.3 is 10.4 Å². The number of allylic oxidation sites excluding steroid dienone is 2. The second kappa shape index (κ2) is 17.1. The van der Waals surface area contributed by atoms with Crippen LogP contribution in [0, 0.1) is 0 Å². The van der Waals surface area contributed by atoms with E-state index in [0.29, 0.717) is 19.4 Å². The van der Waals surface area contributed by atoms with E-state index in [0.717, 1.165) is 32.1 Å². The van der Waals surface area contributed by atoms with Crippen molar-refractivity contribution in [2.45, 2.75) is 90.0 Å². The Morgan fingerprint density at radius 2 is 1.62 bits per heavy atom. The molecule has 2 N–H and O–H groups in total. The summed E-state index contributed by atoms with van der Waals surface area (Å²) in [5.74, 6) is -0.664. The zero-order valence-electron chi connectivity index (χ0n) is 17.1. The molecule has 5 nitrogen and oxygen atoms in total. The second-order valence-corrected chi connectivity index (χ2v) is 7.23. The topological polar surface area (TPSA) is 69.6 Å². The Labute approximate surface area is 160 Å². The van der Waals surface area contributed by atoms with Crippen LogP contribution < -0.4 is 5.32 Å². The number of unbranched alkanes of at least 4 members (excludes halogenated alkanes) is 7. The minimum absolute atomic E-state index is 0.117. The van der Waals surface area contributed by atoms with Gasteiger partial charge >= 0.3 is 5.97 Å². The third-order valence-corrected chi connectivity index (χ3v) is 4.55. The number of hydrogen-bond acceptors (Lipinski definition) is 3. The molecular weight excluding hydrogens is 328 g/mol. The summed E-state index contributed by atoms with van der Waals surface area (Å²) in [5.41, 5.74) is 0. The highest BCUT2D eigenvalue weighted by molar-refractivity contribution is 5.75. The fourth-order valence-electron chi connectivity index (χ4n) is 2.84. The summed E-state index contributed by atoms with van der Waals surface area (Å²) in [4.78, 5) is 24.6. The molecule has 0 saturated heterocycles. The van der Waals surface area contributed by atoms with E-state index in [1.165, 1.54) is 32.1 Å². The monoisotopic (exact) mass is 368 g/mol. The Hall–Kier alpha value is -1.36. The average molecular weight is 369 g/mol. The Kier molecular flexibility index (Phi) is 16.2. The van der Waals surface area contributed by atoms with Gasteiger partial charge in [-0.3, -0.25) is 14.5 Å². The molecule has 26 heavy (non-hydrogen) atoms. The van der Waals surface area contributed by atoms with Crippen LogP contribution >= 0.6 is 0 Å². The van der Waals surface area contributed by atoms with Crippen LogP contribution in [0.3, 0.4) is 0 Å². The van der Waals surface area contributed by atoms with Crippen molar-refractivity contribution in [3.05, 3.63) is 12.2 Å². The molecule has 0 aliphatic carbocycles. The second-order valence-electron chi connectivity index (χ2n) is 7.23. The lowest BCUT2D eigenvalue weighted by molar-refractivity contribution is -0.142. The molecule has 5 heteroatoms. The predicted octanol–water partition coefficient (Wildman–Crippen LogP) is 4.37. The van der Waals surface area contributed by atoms with Gasteiger partial charge in [-0.15, -0.1) is 0 Å². The first-order valence-corrected chi connectivity index (χ1v) is 10.3. The maximum Gasteiger partial charge on any atom is 0.320 e. The van der Waals surface area contributed by atoms with Gasteiger partial charge in [0.2, 0.25) is 5.91 Å². The normalized spacial score (nSPS) is 12.6. The van der Waals surface area contributed by atoms with E-state index in [1.807, 2.05) is 0 Å². The van der Waals surface area contributed by atoms with Crippen molar-refractivity contribution in [1.82, 2.24) is 10.2 Å². The molecule has 152 valence electrons. The highest BCUT2D eigenvalue weighted by atomic mass is 16.4. The zero-order chi connectivity index (χ0) is 19.6. The van der Waals surface area contributed by atoms with E-state index >= 15 is 0 Å². The number of aliphatic carboxylic acids is 1. The summed E-state index contributed by atoms with van der Waals surface area (Å²) < 4.78 is 0. The summed E-state index contributed by atoms with van der Waals surface area (Å²) in [5, 5.41) is 12.0. The largest absolute Gasteiger partial charge is 0.480 e. The number of carboxylic acid groups (broad SMARTS) is 1. The van der Waals surface area contributed by atoms with Gasteiger partial charge in [-0.1, -0.05) is 44.8 Å². The average Bonchev–Trinajstić information content (AvgIpc) is 2.58. The number of nitrogens with one attached hydrogen (secondary N) is 1.